The van der Waals surface area contributed by atoms with Gasteiger partial charge in [0.15, 0.2) is 0 Å². The molecule has 0 saturated heterocycles. The van der Waals surface area contributed by atoms with Crippen LogP contribution < -0.4 is 16.2 Å². The topological polar surface area (TPSA) is 173 Å². The smallest absolute Gasteiger partial charge is 0.353 e. The average Bonchev–Trinajstić information content (AvgIpc) is 3.40. The average molecular weight is 562 g/mol. The van der Waals surface area contributed by atoms with Gasteiger partial charge in [0.05, 0.1) is 15.9 Å². The van der Waals surface area contributed by atoms with Crippen molar-refractivity contribution in [3.8, 4) is 0 Å². The largest absolute Gasteiger partial charge is 0.477 e. The van der Waals surface area contributed by atoms with E-state index >= 15 is 0 Å². The molecule has 1 aromatic heterocycles. The maximum Gasteiger partial charge on any atom is 0.353 e. The Bertz CT molecular complexity index is 1700. The van der Waals surface area contributed by atoms with Gasteiger partial charge in [-0.3, -0.25) is 21.0 Å². The van der Waals surface area contributed by atoms with Crippen molar-refractivity contribution in [3.05, 3.63) is 123 Å². The molecular weight excluding hydrogens is 538 g/mol. The van der Waals surface area contributed by atoms with Gasteiger partial charge in [-0.05, 0) is 59.4 Å². The Kier molecular flexibility index (Phi) is 6.96. The standard InChI is InChI=1S/C27H23N5O7S/c33-26(34)23-10-5-15-31(23)40(38,39)19-13-14-22(24(16-19)32(36)37)29-30-27(35)28-25-20-8-3-1-6-17(20)11-12-18-7-2-4-9-21(18)25/h1-10,13-16,25,29H,11-12H2,(H,33,34)(H2,28,30,35). The molecule has 2 amide bonds. The second kappa shape index (κ2) is 10.5. The van der Waals surface area contributed by atoms with Crippen molar-refractivity contribution in [2.75, 3.05) is 5.43 Å². The summed E-state index contributed by atoms with van der Waals surface area (Å²) in [6, 6.07) is 19.8. The normalized spacial score (nSPS) is 12.9. The number of aryl methyl sites for hydroxylation is 2. The number of carbonyl (C=O) groups excluding carboxylic acids is 1. The van der Waals surface area contributed by atoms with Crippen LogP contribution in [0.15, 0.2) is 90.0 Å². The number of nitrogens with zero attached hydrogens (tertiary/aromatic N) is 2. The lowest BCUT2D eigenvalue weighted by atomic mass is 9.95. The van der Waals surface area contributed by atoms with Crippen molar-refractivity contribution in [2.45, 2.75) is 23.8 Å². The van der Waals surface area contributed by atoms with E-state index in [-0.39, 0.29) is 5.69 Å². The van der Waals surface area contributed by atoms with Gasteiger partial charge in [-0.25, -0.2) is 22.0 Å². The Morgan fingerprint density at radius 1 is 0.925 bits per heavy atom. The summed E-state index contributed by atoms with van der Waals surface area (Å²) in [4.78, 5) is 34.8. The van der Waals surface area contributed by atoms with Crippen LogP contribution in [-0.2, 0) is 22.9 Å². The zero-order valence-electron chi connectivity index (χ0n) is 20.8. The summed E-state index contributed by atoms with van der Waals surface area (Å²) >= 11 is 0. The molecule has 13 heteroatoms. The SMILES string of the molecule is O=C(NNc1ccc(S(=O)(=O)n2cccc2C(=O)O)cc1[N+](=O)[O-])NC1c2ccccc2CCc2ccccc21. The molecule has 4 N–H and O–H groups in total. The van der Waals surface area contributed by atoms with Gasteiger partial charge in [-0.1, -0.05) is 48.5 Å². The van der Waals surface area contributed by atoms with Gasteiger partial charge in [0, 0.05) is 12.3 Å². The molecular formula is C27H23N5O7S. The number of benzene rings is 3. The molecule has 0 aliphatic heterocycles. The lowest BCUT2D eigenvalue weighted by molar-refractivity contribution is -0.384. The Balaban J connectivity index is 1.38. The zero-order valence-corrected chi connectivity index (χ0v) is 21.6. The molecule has 1 aliphatic carbocycles. The number of aromatic nitrogens is 1. The summed E-state index contributed by atoms with van der Waals surface area (Å²) in [5, 5.41) is 24.0. The van der Waals surface area contributed by atoms with E-state index < -0.39 is 49.3 Å². The molecule has 3 aromatic carbocycles. The molecule has 0 radical (unpaired) electrons. The van der Waals surface area contributed by atoms with Gasteiger partial charge in [-0.2, -0.15) is 0 Å². The van der Waals surface area contributed by atoms with E-state index in [1.807, 2.05) is 48.5 Å². The van der Waals surface area contributed by atoms with Gasteiger partial charge < -0.3 is 10.4 Å². The molecule has 0 saturated carbocycles. The molecule has 5 rings (SSSR count). The van der Waals surface area contributed by atoms with Crippen molar-refractivity contribution in [1.29, 1.82) is 0 Å². The van der Waals surface area contributed by atoms with Crippen molar-refractivity contribution in [3.63, 3.8) is 0 Å². The van der Waals surface area contributed by atoms with Gasteiger partial charge in [0.25, 0.3) is 15.7 Å². The maximum atomic E-state index is 13.0. The molecule has 0 bridgehead atoms. The number of nitro benzene ring substituents is 1. The van der Waals surface area contributed by atoms with Crippen LogP contribution in [0, 0.1) is 10.1 Å². The number of nitro groups is 1. The minimum Gasteiger partial charge on any atom is -0.477 e. The number of rotatable bonds is 7. The van der Waals surface area contributed by atoms with Gasteiger partial charge in [-0.15, -0.1) is 0 Å². The number of carbonyl (C=O) groups is 2. The molecule has 1 aliphatic rings. The number of hydrogen-bond donors (Lipinski definition) is 4. The fourth-order valence-corrected chi connectivity index (χ4v) is 6.11. The molecule has 0 atom stereocenters. The molecule has 4 aromatic rings. The zero-order chi connectivity index (χ0) is 28.4. The number of carboxylic acids is 1. The van der Waals surface area contributed by atoms with Crippen LogP contribution in [0.5, 0.6) is 0 Å². The minimum absolute atomic E-state index is 0.174. The number of hydrazine groups is 1. The van der Waals surface area contributed by atoms with E-state index in [0.717, 1.165) is 65.6 Å². The second-order valence-electron chi connectivity index (χ2n) is 8.99. The highest BCUT2D eigenvalue weighted by Crippen LogP contribution is 2.33. The number of hydrogen-bond acceptors (Lipinski definition) is 7. The van der Waals surface area contributed by atoms with E-state index in [2.05, 4.69) is 16.2 Å². The number of fused-ring (bicyclic) bond motifs is 2. The first-order chi connectivity index (χ1) is 19.2. The van der Waals surface area contributed by atoms with Crippen LogP contribution >= 0.6 is 0 Å². The monoisotopic (exact) mass is 561 g/mol. The number of anilines is 1. The fraction of sp³-hybridized carbons (Fsp3) is 0.111. The summed E-state index contributed by atoms with van der Waals surface area (Å²) in [5.41, 5.74) is 7.62. The van der Waals surface area contributed by atoms with Crippen LogP contribution in [0.3, 0.4) is 0 Å². The highest BCUT2D eigenvalue weighted by atomic mass is 32.2. The third kappa shape index (κ3) is 4.97. The van der Waals surface area contributed by atoms with Crippen LogP contribution in [0.2, 0.25) is 0 Å². The van der Waals surface area contributed by atoms with Gasteiger partial charge >= 0.3 is 12.0 Å². The quantitative estimate of drug-likeness (QED) is 0.195. The number of aromatic carboxylic acids is 1. The van der Waals surface area contributed by atoms with Crippen LogP contribution in [0.4, 0.5) is 16.2 Å². The Hall–Kier alpha value is -5.17. The summed E-state index contributed by atoms with van der Waals surface area (Å²) < 4.78 is 26.5. The molecule has 1 heterocycles. The van der Waals surface area contributed by atoms with Crippen molar-refractivity contribution in [1.82, 2.24) is 14.7 Å². The van der Waals surface area contributed by atoms with E-state index in [1.54, 1.807) is 0 Å². The van der Waals surface area contributed by atoms with Crippen LogP contribution in [0.25, 0.3) is 0 Å². The first-order valence-electron chi connectivity index (χ1n) is 12.1. The van der Waals surface area contributed by atoms with E-state index in [9.17, 15) is 33.2 Å². The first-order valence-corrected chi connectivity index (χ1v) is 13.5. The highest BCUT2D eigenvalue weighted by molar-refractivity contribution is 7.90. The lowest BCUT2D eigenvalue weighted by Gasteiger charge is -2.22. The molecule has 40 heavy (non-hydrogen) atoms. The maximum absolute atomic E-state index is 13.0. The van der Waals surface area contributed by atoms with E-state index in [0.29, 0.717) is 3.97 Å². The summed E-state index contributed by atoms with van der Waals surface area (Å²) in [6.45, 7) is 0. The van der Waals surface area contributed by atoms with Crippen LogP contribution in [0.1, 0.15) is 38.8 Å². The van der Waals surface area contributed by atoms with Crippen molar-refractivity contribution >= 4 is 33.4 Å². The summed E-state index contributed by atoms with van der Waals surface area (Å²) in [6.07, 6.45) is 2.65. The fourth-order valence-electron chi connectivity index (χ4n) is 4.75. The van der Waals surface area contributed by atoms with Crippen LogP contribution in [-0.4, -0.2) is 34.4 Å². The summed E-state index contributed by atoms with van der Waals surface area (Å²) in [7, 11) is -4.45. The van der Waals surface area contributed by atoms with E-state index in [4.69, 9.17) is 0 Å². The molecule has 0 spiro atoms. The van der Waals surface area contributed by atoms with Crippen molar-refractivity contribution in [2.24, 2.45) is 0 Å². The van der Waals surface area contributed by atoms with Gasteiger partial charge in [0.2, 0.25) is 0 Å². The molecule has 204 valence electrons. The molecule has 0 fully saturated rings. The first kappa shape index (κ1) is 26.4. The molecule has 12 nitrogen and oxygen atoms in total. The predicted molar refractivity (Wildman–Crippen MR) is 144 cm³/mol. The van der Waals surface area contributed by atoms with E-state index in [1.165, 1.54) is 6.07 Å². The van der Waals surface area contributed by atoms with Gasteiger partial charge in [0.1, 0.15) is 11.4 Å². The predicted octanol–water partition coefficient (Wildman–Crippen LogP) is 3.85. The second-order valence-corrected chi connectivity index (χ2v) is 10.8. The third-order valence-corrected chi connectivity index (χ3v) is 8.32. The molecule has 0 unspecified atom stereocenters. The Morgan fingerprint density at radius 3 is 2.15 bits per heavy atom. The third-order valence-electron chi connectivity index (χ3n) is 6.64. The Morgan fingerprint density at radius 2 is 1.55 bits per heavy atom. The van der Waals surface area contributed by atoms with Crippen molar-refractivity contribution < 1.29 is 28.0 Å². The summed E-state index contributed by atoms with van der Waals surface area (Å²) in [5.74, 6) is -1.48. The number of amides is 2. The number of nitrogens with one attached hydrogen (secondary N) is 3. The minimum atomic E-state index is -4.45. The highest BCUT2D eigenvalue weighted by Gasteiger charge is 2.27. The Labute approximate surface area is 228 Å². The number of carboxylic acid groups (broad SMARTS) is 1. The number of urea groups is 1. The lowest BCUT2D eigenvalue weighted by Crippen LogP contribution is -2.41.